The molecule has 0 amide bonds. The van der Waals surface area contributed by atoms with Crippen molar-refractivity contribution in [2.75, 3.05) is 21.3 Å². The van der Waals surface area contributed by atoms with Crippen molar-refractivity contribution in [2.45, 2.75) is 65.2 Å². The van der Waals surface area contributed by atoms with Crippen LogP contribution in [0.25, 0.3) is 0 Å². The molecule has 2 atom stereocenters. The molecule has 0 unspecified atom stereocenters. The lowest BCUT2D eigenvalue weighted by molar-refractivity contribution is -0.146. The van der Waals surface area contributed by atoms with Crippen LogP contribution in [0.2, 0.25) is 0 Å². The summed E-state index contributed by atoms with van der Waals surface area (Å²) in [6.45, 7) is 10.1. The summed E-state index contributed by atoms with van der Waals surface area (Å²) in [6.07, 6.45) is 9.90. The first kappa shape index (κ1) is 24.8. The van der Waals surface area contributed by atoms with Gasteiger partial charge in [-0.2, -0.15) is 0 Å². The van der Waals surface area contributed by atoms with Crippen molar-refractivity contribution in [3.05, 3.63) is 47.6 Å². The fourth-order valence-corrected chi connectivity index (χ4v) is 3.68. The van der Waals surface area contributed by atoms with Crippen LogP contribution in [0.3, 0.4) is 0 Å². The Morgan fingerprint density at radius 3 is 2.21 bits per heavy atom. The number of allylic oxidation sites excluding steroid dienone is 3. The Labute approximate surface area is 176 Å². The van der Waals surface area contributed by atoms with Gasteiger partial charge in [0.05, 0.1) is 27.2 Å². The molecule has 0 aliphatic heterocycles. The molecule has 0 aliphatic carbocycles. The van der Waals surface area contributed by atoms with Gasteiger partial charge in [-0.1, -0.05) is 37.5 Å². The molecule has 1 aromatic rings. The van der Waals surface area contributed by atoms with E-state index in [9.17, 15) is 4.79 Å². The van der Waals surface area contributed by atoms with Gasteiger partial charge in [0, 0.05) is 11.5 Å². The quantitative estimate of drug-likeness (QED) is 0.222. The lowest BCUT2D eigenvalue weighted by Crippen LogP contribution is -2.24. The molecule has 0 aromatic heterocycles. The van der Waals surface area contributed by atoms with Gasteiger partial charge in [0.15, 0.2) is 0 Å². The van der Waals surface area contributed by atoms with Crippen molar-refractivity contribution in [3.8, 4) is 11.5 Å². The van der Waals surface area contributed by atoms with E-state index in [0.29, 0.717) is 6.42 Å². The third-order valence-corrected chi connectivity index (χ3v) is 5.23. The normalized spacial score (nSPS) is 13.2. The molecule has 0 N–H and O–H groups in total. The highest BCUT2D eigenvalue weighted by Gasteiger charge is 2.33. The van der Waals surface area contributed by atoms with E-state index < -0.39 is 0 Å². The summed E-state index contributed by atoms with van der Waals surface area (Å²) in [5.74, 6) is 0.722. The Hall–Kier alpha value is -2.23. The average molecular weight is 403 g/mol. The molecule has 0 aliphatic rings. The number of esters is 1. The van der Waals surface area contributed by atoms with Gasteiger partial charge in [-0.3, -0.25) is 4.79 Å². The van der Waals surface area contributed by atoms with Crippen molar-refractivity contribution in [2.24, 2.45) is 5.92 Å². The number of carbonyl (C=O) groups is 1. The van der Waals surface area contributed by atoms with Gasteiger partial charge in [0.25, 0.3) is 0 Å². The molecule has 0 bridgehead atoms. The Bertz CT molecular complexity index is 665. The van der Waals surface area contributed by atoms with Crippen molar-refractivity contribution in [3.63, 3.8) is 0 Å². The standard InChI is InChI=1S/C25H38O4/c1-8-10-11-13-19-16-22(27-5)24(23(17-19)28-6)20(12-9-2)21(25(26)29-7)15-14-18(3)4/h9,12,16-17,20-21H,3,8,10-11,13-15H2,1-2,4-7H3/b12-9+/t20-,21-/m1/s1. The molecular formula is C25H38O4. The summed E-state index contributed by atoms with van der Waals surface area (Å²) in [5, 5.41) is 0. The van der Waals surface area contributed by atoms with Crippen LogP contribution in [-0.2, 0) is 16.0 Å². The first-order chi connectivity index (χ1) is 13.9. The van der Waals surface area contributed by atoms with Crippen LogP contribution in [0, 0.1) is 5.92 Å². The van der Waals surface area contributed by atoms with Crippen LogP contribution in [0.1, 0.15) is 69.9 Å². The molecule has 29 heavy (non-hydrogen) atoms. The molecule has 162 valence electrons. The lowest BCUT2D eigenvalue weighted by Gasteiger charge is -2.27. The first-order valence-electron chi connectivity index (χ1n) is 10.5. The predicted octanol–water partition coefficient (Wildman–Crippen LogP) is 6.24. The number of hydrogen-bond acceptors (Lipinski definition) is 4. The average Bonchev–Trinajstić information content (AvgIpc) is 2.72. The Kier molecular flexibility index (Phi) is 11.2. The van der Waals surface area contributed by atoms with Gasteiger partial charge in [-0.15, -0.1) is 6.58 Å². The van der Waals surface area contributed by atoms with E-state index in [-0.39, 0.29) is 17.8 Å². The van der Waals surface area contributed by atoms with Crippen molar-refractivity contribution < 1.29 is 19.0 Å². The molecule has 0 radical (unpaired) electrons. The molecule has 1 aromatic carbocycles. The van der Waals surface area contributed by atoms with Gasteiger partial charge in [-0.25, -0.2) is 0 Å². The fraction of sp³-hybridized carbons (Fsp3) is 0.560. The Morgan fingerprint density at radius 1 is 1.14 bits per heavy atom. The molecule has 0 fully saturated rings. The van der Waals surface area contributed by atoms with E-state index in [1.54, 1.807) is 14.2 Å². The maximum absolute atomic E-state index is 12.7. The van der Waals surface area contributed by atoms with Gasteiger partial charge < -0.3 is 14.2 Å². The maximum atomic E-state index is 12.7. The van der Waals surface area contributed by atoms with Gasteiger partial charge in [0.1, 0.15) is 11.5 Å². The number of methoxy groups -OCH3 is 3. The lowest BCUT2D eigenvalue weighted by atomic mass is 9.80. The zero-order chi connectivity index (χ0) is 21.8. The second kappa shape index (κ2) is 13.1. The van der Waals surface area contributed by atoms with Crippen LogP contribution in [0.15, 0.2) is 36.4 Å². The van der Waals surface area contributed by atoms with Gasteiger partial charge in [-0.05, 0) is 57.2 Å². The van der Waals surface area contributed by atoms with Crippen molar-refractivity contribution >= 4 is 5.97 Å². The summed E-state index contributed by atoms with van der Waals surface area (Å²) < 4.78 is 16.7. The van der Waals surface area contributed by atoms with Crippen LogP contribution in [0.5, 0.6) is 11.5 Å². The maximum Gasteiger partial charge on any atom is 0.309 e. The van der Waals surface area contributed by atoms with Gasteiger partial charge >= 0.3 is 5.97 Å². The minimum absolute atomic E-state index is 0.207. The van der Waals surface area contributed by atoms with Crippen LogP contribution in [0.4, 0.5) is 0 Å². The molecular weight excluding hydrogens is 364 g/mol. The van der Waals surface area contributed by atoms with E-state index in [1.807, 2.05) is 26.0 Å². The van der Waals surface area contributed by atoms with E-state index in [4.69, 9.17) is 14.2 Å². The summed E-state index contributed by atoms with van der Waals surface area (Å²) >= 11 is 0. The predicted molar refractivity (Wildman–Crippen MR) is 120 cm³/mol. The summed E-state index contributed by atoms with van der Waals surface area (Å²) in [5.41, 5.74) is 3.12. The van der Waals surface area contributed by atoms with Crippen LogP contribution >= 0.6 is 0 Å². The van der Waals surface area contributed by atoms with E-state index in [1.165, 1.54) is 25.5 Å². The highest BCUT2D eigenvalue weighted by Crippen LogP contribution is 2.43. The van der Waals surface area contributed by atoms with E-state index in [0.717, 1.165) is 41.9 Å². The number of rotatable bonds is 13. The van der Waals surface area contributed by atoms with Crippen LogP contribution < -0.4 is 9.47 Å². The van der Waals surface area contributed by atoms with E-state index in [2.05, 4.69) is 25.6 Å². The van der Waals surface area contributed by atoms with E-state index >= 15 is 0 Å². The molecule has 1 rings (SSSR count). The molecule has 0 heterocycles. The second-order valence-corrected chi connectivity index (χ2v) is 7.55. The molecule has 0 saturated heterocycles. The SMILES string of the molecule is C=C(C)CC[C@@H](C(=O)OC)[C@@H](/C=C/C)c1c(OC)cc(CCCCC)cc1OC. The smallest absolute Gasteiger partial charge is 0.309 e. The molecule has 4 nitrogen and oxygen atoms in total. The zero-order valence-electron chi connectivity index (χ0n) is 19.0. The minimum atomic E-state index is -0.346. The topological polar surface area (TPSA) is 44.8 Å². The summed E-state index contributed by atoms with van der Waals surface area (Å²) in [6, 6.07) is 4.16. The highest BCUT2D eigenvalue weighted by molar-refractivity contribution is 5.75. The number of hydrogen-bond donors (Lipinski definition) is 0. The third kappa shape index (κ3) is 7.26. The monoisotopic (exact) mass is 402 g/mol. The summed E-state index contributed by atoms with van der Waals surface area (Å²) in [4.78, 5) is 12.7. The highest BCUT2D eigenvalue weighted by atomic mass is 16.5. The molecule has 4 heteroatoms. The fourth-order valence-electron chi connectivity index (χ4n) is 3.68. The number of unbranched alkanes of at least 4 members (excludes halogenated alkanes) is 2. The third-order valence-electron chi connectivity index (χ3n) is 5.23. The van der Waals surface area contributed by atoms with Crippen LogP contribution in [-0.4, -0.2) is 27.3 Å². The first-order valence-corrected chi connectivity index (χ1v) is 10.5. The number of benzene rings is 1. The summed E-state index contributed by atoms with van der Waals surface area (Å²) in [7, 11) is 4.78. The Morgan fingerprint density at radius 2 is 1.76 bits per heavy atom. The Balaban J connectivity index is 3.46. The number of ether oxygens (including phenoxy) is 3. The molecule has 0 saturated carbocycles. The number of aryl methyl sites for hydroxylation is 1. The second-order valence-electron chi connectivity index (χ2n) is 7.55. The minimum Gasteiger partial charge on any atom is -0.496 e. The largest absolute Gasteiger partial charge is 0.496 e. The zero-order valence-corrected chi connectivity index (χ0v) is 19.0. The molecule has 0 spiro atoms. The van der Waals surface area contributed by atoms with Crippen molar-refractivity contribution in [1.82, 2.24) is 0 Å². The van der Waals surface area contributed by atoms with Gasteiger partial charge in [0.2, 0.25) is 0 Å². The van der Waals surface area contributed by atoms with Crippen molar-refractivity contribution in [1.29, 1.82) is 0 Å². The number of carbonyl (C=O) groups excluding carboxylic acids is 1.